The van der Waals surface area contributed by atoms with Crippen LogP contribution in [0.5, 0.6) is 0 Å². The number of nitrogens with zero attached hydrogens (tertiary/aromatic N) is 3. The van der Waals surface area contributed by atoms with Gasteiger partial charge in [0.15, 0.2) is 0 Å². The van der Waals surface area contributed by atoms with Gasteiger partial charge in [0.05, 0.1) is 16.8 Å². The zero-order valence-corrected chi connectivity index (χ0v) is 15.0. The standard InChI is InChI=1S/C22H18N4O2/c27-26(28)20-12-10-19(11-13-20)24-23-14-18-16-25(15-17-6-2-1-3-7-17)22-9-5-4-8-21(18)22/h1-14,16,24H,15H2/b23-14-. The number of rotatable bonds is 6. The molecule has 6 nitrogen and oxygen atoms in total. The normalized spacial score (nSPS) is 11.1. The lowest BCUT2D eigenvalue weighted by atomic mass is 10.2. The van der Waals surface area contributed by atoms with Gasteiger partial charge in [-0.25, -0.2) is 0 Å². The summed E-state index contributed by atoms with van der Waals surface area (Å²) in [5.41, 5.74) is 7.04. The molecule has 138 valence electrons. The molecule has 6 heteroatoms. The van der Waals surface area contributed by atoms with Gasteiger partial charge in [-0.2, -0.15) is 5.10 Å². The molecule has 0 unspecified atom stereocenters. The third-order valence-electron chi connectivity index (χ3n) is 4.49. The number of nitro benzene ring substituents is 1. The van der Waals surface area contributed by atoms with E-state index in [2.05, 4.69) is 45.6 Å². The lowest BCUT2D eigenvalue weighted by molar-refractivity contribution is -0.384. The summed E-state index contributed by atoms with van der Waals surface area (Å²) in [6, 6.07) is 24.7. The Morgan fingerprint density at radius 3 is 2.43 bits per heavy atom. The van der Waals surface area contributed by atoms with Crippen LogP contribution in [-0.4, -0.2) is 15.7 Å². The average Bonchev–Trinajstić information content (AvgIpc) is 3.07. The van der Waals surface area contributed by atoms with Gasteiger partial charge < -0.3 is 4.57 Å². The van der Waals surface area contributed by atoms with Crippen LogP contribution in [0.1, 0.15) is 11.1 Å². The Balaban J connectivity index is 1.56. The number of aromatic nitrogens is 1. The third kappa shape index (κ3) is 3.76. The van der Waals surface area contributed by atoms with Gasteiger partial charge in [-0.05, 0) is 23.8 Å². The predicted octanol–water partition coefficient (Wildman–Crippen LogP) is 5.04. The maximum absolute atomic E-state index is 10.7. The molecule has 0 saturated heterocycles. The molecule has 0 amide bonds. The van der Waals surface area contributed by atoms with E-state index in [-0.39, 0.29) is 5.69 Å². The van der Waals surface area contributed by atoms with Crippen molar-refractivity contribution in [3.63, 3.8) is 0 Å². The van der Waals surface area contributed by atoms with E-state index in [0.717, 1.165) is 23.0 Å². The van der Waals surface area contributed by atoms with Crippen LogP contribution >= 0.6 is 0 Å². The summed E-state index contributed by atoms with van der Waals surface area (Å²) in [5, 5.41) is 16.1. The molecule has 0 saturated carbocycles. The minimum Gasteiger partial charge on any atom is -0.342 e. The molecule has 1 aromatic heterocycles. The summed E-state index contributed by atoms with van der Waals surface area (Å²) >= 11 is 0. The molecule has 0 fully saturated rings. The Bertz CT molecular complexity index is 1130. The van der Waals surface area contributed by atoms with Gasteiger partial charge in [-0.1, -0.05) is 48.5 Å². The van der Waals surface area contributed by atoms with E-state index in [4.69, 9.17) is 0 Å². The number of nitrogens with one attached hydrogen (secondary N) is 1. The van der Waals surface area contributed by atoms with Crippen molar-refractivity contribution in [2.45, 2.75) is 6.54 Å². The molecular weight excluding hydrogens is 352 g/mol. The van der Waals surface area contributed by atoms with E-state index >= 15 is 0 Å². The Hall–Kier alpha value is -3.93. The molecule has 4 aromatic rings. The van der Waals surface area contributed by atoms with Crippen molar-refractivity contribution in [2.24, 2.45) is 5.10 Å². The first-order valence-electron chi connectivity index (χ1n) is 8.86. The SMILES string of the molecule is O=[N+]([O-])c1ccc(N/N=C\c2cn(Cc3ccccc3)c3ccccc23)cc1. The number of anilines is 1. The maximum Gasteiger partial charge on any atom is 0.269 e. The Labute approximate surface area is 161 Å². The van der Waals surface area contributed by atoms with E-state index < -0.39 is 4.92 Å². The summed E-state index contributed by atoms with van der Waals surface area (Å²) in [6.45, 7) is 0.783. The van der Waals surface area contributed by atoms with Crippen molar-refractivity contribution < 1.29 is 4.92 Å². The molecule has 0 radical (unpaired) electrons. The molecule has 0 atom stereocenters. The van der Waals surface area contributed by atoms with Gasteiger partial charge in [0.25, 0.3) is 5.69 Å². The van der Waals surface area contributed by atoms with Crippen molar-refractivity contribution in [1.82, 2.24) is 4.57 Å². The van der Waals surface area contributed by atoms with Crippen molar-refractivity contribution in [2.75, 3.05) is 5.43 Å². The summed E-state index contributed by atoms with van der Waals surface area (Å²) in [7, 11) is 0. The molecule has 0 spiro atoms. The summed E-state index contributed by atoms with van der Waals surface area (Å²) in [4.78, 5) is 10.3. The van der Waals surface area contributed by atoms with Crippen LogP contribution in [0.2, 0.25) is 0 Å². The first kappa shape index (κ1) is 17.5. The third-order valence-corrected chi connectivity index (χ3v) is 4.49. The number of para-hydroxylation sites is 1. The van der Waals surface area contributed by atoms with Gasteiger partial charge in [0, 0.05) is 41.3 Å². The lowest BCUT2D eigenvalue weighted by Gasteiger charge is -2.05. The topological polar surface area (TPSA) is 72.5 Å². The Kier molecular flexibility index (Phi) is 4.84. The van der Waals surface area contributed by atoms with Gasteiger partial charge in [-0.3, -0.25) is 15.5 Å². The van der Waals surface area contributed by atoms with Gasteiger partial charge >= 0.3 is 0 Å². The number of non-ortho nitro benzene ring substituents is 1. The summed E-state index contributed by atoms with van der Waals surface area (Å²) < 4.78 is 2.21. The van der Waals surface area contributed by atoms with Crippen LogP contribution < -0.4 is 5.43 Å². The maximum atomic E-state index is 10.7. The first-order chi connectivity index (χ1) is 13.7. The molecule has 4 rings (SSSR count). The van der Waals surface area contributed by atoms with Crippen LogP contribution in [0.15, 0.2) is 90.2 Å². The average molecular weight is 370 g/mol. The van der Waals surface area contributed by atoms with Crippen molar-refractivity contribution in [3.05, 3.63) is 106 Å². The van der Waals surface area contributed by atoms with Crippen LogP contribution in [0, 0.1) is 10.1 Å². The zero-order chi connectivity index (χ0) is 19.3. The number of hydrazone groups is 1. The van der Waals surface area contributed by atoms with E-state index in [1.54, 1.807) is 18.3 Å². The first-order valence-corrected chi connectivity index (χ1v) is 8.86. The highest BCUT2D eigenvalue weighted by Crippen LogP contribution is 2.21. The molecule has 0 aliphatic heterocycles. The van der Waals surface area contributed by atoms with Crippen LogP contribution in [0.4, 0.5) is 11.4 Å². The fourth-order valence-electron chi connectivity index (χ4n) is 3.12. The molecule has 0 aliphatic rings. The minimum absolute atomic E-state index is 0.0542. The fraction of sp³-hybridized carbons (Fsp3) is 0.0455. The number of benzene rings is 3. The van der Waals surface area contributed by atoms with Crippen LogP contribution in [-0.2, 0) is 6.54 Å². The van der Waals surface area contributed by atoms with E-state index in [1.165, 1.54) is 17.7 Å². The van der Waals surface area contributed by atoms with Gasteiger partial charge in [-0.15, -0.1) is 0 Å². The fourth-order valence-corrected chi connectivity index (χ4v) is 3.12. The molecule has 0 bridgehead atoms. The monoisotopic (exact) mass is 370 g/mol. The molecule has 28 heavy (non-hydrogen) atoms. The van der Waals surface area contributed by atoms with Crippen LogP contribution in [0.3, 0.4) is 0 Å². The van der Waals surface area contributed by atoms with Crippen molar-refractivity contribution in [3.8, 4) is 0 Å². The Morgan fingerprint density at radius 2 is 1.68 bits per heavy atom. The zero-order valence-electron chi connectivity index (χ0n) is 15.0. The smallest absolute Gasteiger partial charge is 0.269 e. The highest BCUT2D eigenvalue weighted by atomic mass is 16.6. The van der Waals surface area contributed by atoms with E-state index in [9.17, 15) is 10.1 Å². The highest BCUT2D eigenvalue weighted by molar-refractivity contribution is 5.99. The summed E-state index contributed by atoms with van der Waals surface area (Å²) in [5.74, 6) is 0. The van der Waals surface area contributed by atoms with Crippen molar-refractivity contribution in [1.29, 1.82) is 0 Å². The highest BCUT2D eigenvalue weighted by Gasteiger charge is 2.07. The number of hydrogen-bond acceptors (Lipinski definition) is 4. The Morgan fingerprint density at radius 1 is 0.964 bits per heavy atom. The molecule has 0 aliphatic carbocycles. The molecule has 3 aromatic carbocycles. The molecule has 1 heterocycles. The van der Waals surface area contributed by atoms with Gasteiger partial charge in [0.2, 0.25) is 0 Å². The van der Waals surface area contributed by atoms with E-state index in [1.807, 2.05) is 30.3 Å². The number of nitro groups is 1. The van der Waals surface area contributed by atoms with Crippen molar-refractivity contribution >= 4 is 28.5 Å². The molecule has 1 N–H and O–H groups in total. The second-order valence-corrected chi connectivity index (χ2v) is 6.39. The van der Waals surface area contributed by atoms with Crippen LogP contribution in [0.25, 0.3) is 10.9 Å². The summed E-state index contributed by atoms with van der Waals surface area (Å²) in [6.07, 6.45) is 3.85. The lowest BCUT2D eigenvalue weighted by Crippen LogP contribution is -1.97. The largest absolute Gasteiger partial charge is 0.342 e. The van der Waals surface area contributed by atoms with Gasteiger partial charge in [0.1, 0.15) is 0 Å². The number of hydrogen-bond donors (Lipinski definition) is 1. The number of fused-ring (bicyclic) bond motifs is 1. The second-order valence-electron chi connectivity index (χ2n) is 6.39. The predicted molar refractivity (Wildman–Crippen MR) is 112 cm³/mol. The minimum atomic E-state index is -0.422. The van der Waals surface area contributed by atoms with E-state index in [0.29, 0.717) is 5.69 Å². The molecular formula is C22H18N4O2. The second kappa shape index (κ2) is 7.75. The quantitative estimate of drug-likeness (QED) is 0.293.